The van der Waals surface area contributed by atoms with E-state index in [1.54, 1.807) is 12.1 Å². The predicted octanol–water partition coefficient (Wildman–Crippen LogP) is 7.98. The number of nitrogens with one attached hydrogen (secondary N) is 1. The highest BCUT2D eigenvalue weighted by molar-refractivity contribution is 7.26. The molecule has 4 aromatic rings. The molecule has 27 heavy (non-hydrogen) atoms. The lowest BCUT2D eigenvalue weighted by Gasteiger charge is -2.24. The van der Waals surface area contributed by atoms with Crippen molar-refractivity contribution in [3.8, 4) is 0 Å². The predicted molar refractivity (Wildman–Crippen MR) is 115 cm³/mol. The molecule has 136 valence electrons. The zero-order valence-corrected chi connectivity index (χ0v) is 16.0. The molecule has 5 rings (SSSR count). The molecule has 0 aliphatic heterocycles. The zero-order chi connectivity index (χ0) is 18.2. The van der Waals surface area contributed by atoms with Gasteiger partial charge in [0.25, 0.3) is 0 Å². The lowest BCUT2D eigenvalue weighted by molar-refractivity contribution is 0.444. The Morgan fingerprint density at radius 2 is 1.44 bits per heavy atom. The summed E-state index contributed by atoms with van der Waals surface area (Å²) >= 11 is 1.54. The Bertz CT molecular complexity index is 1110. The zero-order valence-electron chi connectivity index (χ0n) is 15.2. The fourth-order valence-electron chi connectivity index (χ4n) is 4.41. The SMILES string of the molecule is Fc1cccc2c1sc1c(Nc3ccccc3C3CCCCC3)cccc12. The van der Waals surface area contributed by atoms with Gasteiger partial charge in [0, 0.05) is 16.5 Å². The Kier molecular flexibility index (Phi) is 4.33. The molecule has 1 aliphatic rings. The third-order valence-corrected chi connectivity index (χ3v) is 7.01. The number of hydrogen-bond acceptors (Lipinski definition) is 2. The van der Waals surface area contributed by atoms with Crippen molar-refractivity contribution >= 4 is 42.9 Å². The van der Waals surface area contributed by atoms with E-state index in [1.165, 1.54) is 54.7 Å². The van der Waals surface area contributed by atoms with Gasteiger partial charge in [-0.25, -0.2) is 4.39 Å². The van der Waals surface area contributed by atoms with Crippen LogP contribution in [0.15, 0.2) is 60.7 Å². The molecule has 1 fully saturated rings. The first-order valence-corrected chi connectivity index (χ1v) is 10.6. The topological polar surface area (TPSA) is 12.0 Å². The average molecular weight is 376 g/mol. The van der Waals surface area contributed by atoms with E-state index in [0.29, 0.717) is 5.92 Å². The molecule has 1 N–H and O–H groups in total. The van der Waals surface area contributed by atoms with Crippen molar-refractivity contribution in [1.29, 1.82) is 0 Å². The number of thiophene rings is 1. The van der Waals surface area contributed by atoms with Crippen LogP contribution in [0, 0.1) is 5.82 Å². The summed E-state index contributed by atoms with van der Waals surface area (Å²) in [5.41, 5.74) is 3.67. The highest BCUT2D eigenvalue weighted by Crippen LogP contribution is 2.42. The molecule has 0 atom stereocenters. The first-order valence-electron chi connectivity index (χ1n) is 9.77. The molecule has 0 spiro atoms. The largest absolute Gasteiger partial charge is 0.354 e. The minimum absolute atomic E-state index is 0.137. The van der Waals surface area contributed by atoms with Crippen LogP contribution >= 0.6 is 11.3 Å². The van der Waals surface area contributed by atoms with Crippen LogP contribution in [0.5, 0.6) is 0 Å². The number of para-hydroxylation sites is 1. The Balaban J connectivity index is 1.60. The van der Waals surface area contributed by atoms with Crippen LogP contribution < -0.4 is 5.32 Å². The van der Waals surface area contributed by atoms with Gasteiger partial charge in [0.2, 0.25) is 0 Å². The Morgan fingerprint density at radius 3 is 2.30 bits per heavy atom. The number of fused-ring (bicyclic) bond motifs is 3. The molecule has 0 saturated heterocycles. The fraction of sp³-hybridized carbons (Fsp3) is 0.250. The number of rotatable bonds is 3. The second kappa shape index (κ2) is 6.97. The van der Waals surface area contributed by atoms with Crippen molar-refractivity contribution in [3.05, 3.63) is 72.0 Å². The van der Waals surface area contributed by atoms with Gasteiger partial charge in [0.1, 0.15) is 5.82 Å². The lowest BCUT2D eigenvalue weighted by atomic mass is 9.83. The highest BCUT2D eigenvalue weighted by atomic mass is 32.1. The van der Waals surface area contributed by atoms with Gasteiger partial charge >= 0.3 is 0 Å². The van der Waals surface area contributed by atoms with Crippen LogP contribution in [0.2, 0.25) is 0 Å². The van der Waals surface area contributed by atoms with E-state index in [9.17, 15) is 4.39 Å². The van der Waals surface area contributed by atoms with Crippen LogP contribution in [0.4, 0.5) is 15.8 Å². The quantitative estimate of drug-likeness (QED) is 0.383. The van der Waals surface area contributed by atoms with Crippen molar-refractivity contribution in [1.82, 2.24) is 0 Å². The molecule has 3 heteroatoms. The second-order valence-corrected chi connectivity index (χ2v) is 8.47. The van der Waals surface area contributed by atoms with Crippen LogP contribution in [-0.2, 0) is 0 Å². The molecular weight excluding hydrogens is 353 g/mol. The van der Waals surface area contributed by atoms with Gasteiger partial charge < -0.3 is 5.32 Å². The maximum absolute atomic E-state index is 14.3. The molecule has 1 aliphatic carbocycles. The molecule has 0 unspecified atom stereocenters. The number of benzene rings is 3. The van der Waals surface area contributed by atoms with Gasteiger partial charge in [0.05, 0.1) is 15.1 Å². The highest BCUT2D eigenvalue weighted by Gasteiger charge is 2.19. The molecule has 3 aromatic carbocycles. The van der Waals surface area contributed by atoms with Crippen LogP contribution in [0.25, 0.3) is 20.2 Å². The van der Waals surface area contributed by atoms with E-state index in [-0.39, 0.29) is 5.82 Å². The Morgan fingerprint density at radius 1 is 0.741 bits per heavy atom. The normalized spacial score (nSPS) is 15.4. The summed E-state index contributed by atoms with van der Waals surface area (Å²) < 4.78 is 16.1. The number of hydrogen-bond donors (Lipinski definition) is 1. The summed E-state index contributed by atoms with van der Waals surface area (Å²) in [6.45, 7) is 0. The lowest BCUT2D eigenvalue weighted by Crippen LogP contribution is -2.07. The molecule has 0 amide bonds. The summed E-state index contributed by atoms with van der Waals surface area (Å²) in [6.07, 6.45) is 6.56. The average Bonchev–Trinajstić information content (AvgIpc) is 3.11. The molecule has 1 aromatic heterocycles. The Hall–Kier alpha value is -2.39. The van der Waals surface area contributed by atoms with E-state index in [0.717, 1.165) is 25.9 Å². The second-order valence-electron chi connectivity index (χ2n) is 7.45. The number of anilines is 2. The van der Waals surface area contributed by atoms with E-state index in [1.807, 2.05) is 6.07 Å². The molecule has 0 radical (unpaired) electrons. The molecule has 1 heterocycles. The van der Waals surface area contributed by atoms with E-state index in [4.69, 9.17) is 0 Å². The molecule has 0 bridgehead atoms. The van der Waals surface area contributed by atoms with Crippen molar-refractivity contribution in [2.45, 2.75) is 38.0 Å². The summed E-state index contributed by atoms with van der Waals surface area (Å²) in [7, 11) is 0. The van der Waals surface area contributed by atoms with Gasteiger partial charge in [-0.1, -0.05) is 61.7 Å². The summed E-state index contributed by atoms with van der Waals surface area (Å²) in [6, 6.07) is 20.3. The standard InChI is InChI=1S/C24H22FNS/c25-20-13-6-11-18-19-12-7-15-22(24(19)27-23(18)20)26-21-14-5-4-10-17(21)16-8-2-1-3-9-16/h4-7,10-16,26H,1-3,8-9H2. The van der Waals surface area contributed by atoms with Crippen molar-refractivity contribution in [2.75, 3.05) is 5.32 Å². The van der Waals surface area contributed by atoms with Crippen LogP contribution in [0.3, 0.4) is 0 Å². The fourth-order valence-corrected chi connectivity index (χ4v) is 5.58. The summed E-state index contributed by atoms with van der Waals surface area (Å²) in [5, 5.41) is 5.80. The minimum Gasteiger partial charge on any atom is -0.354 e. The van der Waals surface area contributed by atoms with Gasteiger partial charge in [-0.05, 0) is 42.5 Å². The van der Waals surface area contributed by atoms with Gasteiger partial charge in [0.15, 0.2) is 0 Å². The van der Waals surface area contributed by atoms with Crippen molar-refractivity contribution in [2.24, 2.45) is 0 Å². The third-order valence-electron chi connectivity index (χ3n) is 5.75. The molecular formula is C24H22FNS. The van der Waals surface area contributed by atoms with Gasteiger partial charge in [-0.3, -0.25) is 0 Å². The van der Waals surface area contributed by atoms with Crippen LogP contribution in [0.1, 0.15) is 43.6 Å². The minimum atomic E-state index is -0.137. The summed E-state index contributed by atoms with van der Waals surface area (Å²) in [5.74, 6) is 0.503. The molecule has 1 nitrogen and oxygen atoms in total. The van der Waals surface area contributed by atoms with E-state index >= 15 is 0 Å². The number of halogens is 1. The van der Waals surface area contributed by atoms with Gasteiger partial charge in [-0.2, -0.15) is 0 Å². The monoisotopic (exact) mass is 375 g/mol. The summed E-state index contributed by atoms with van der Waals surface area (Å²) in [4.78, 5) is 0. The van der Waals surface area contributed by atoms with E-state index < -0.39 is 0 Å². The maximum atomic E-state index is 14.3. The van der Waals surface area contributed by atoms with Crippen LogP contribution in [-0.4, -0.2) is 0 Å². The smallest absolute Gasteiger partial charge is 0.141 e. The van der Waals surface area contributed by atoms with Crippen molar-refractivity contribution < 1.29 is 4.39 Å². The first kappa shape index (κ1) is 16.8. The van der Waals surface area contributed by atoms with Gasteiger partial charge in [-0.15, -0.1) is 11.3 Å². The van der Waals surface area contributed by atoms with E-state index in [2.05, 4.69) is 47.8 Å². The first-order chi connectivity index (χ1) is 13.3. The third kappa shape index (κ3) is 3.00. The Labute approximate surface area is 162 Å². The molecule has 1 saturated carbocycles. The van der Waals surface area contributed by atoms with Crippen molar-refractivity contribution in [3.63, 3.8) is 0 Å². The maximum Gasteiger partial charge on any atom is 0.141 e.